The molecule has 0 amide bonds. The average molecular weight is 186 g/mol. The summed E-state index contributed by atoms with van der Waals surface area (Å²) in [5, 5.41) is 13.5. The summed E-state index contributed by atoms with van der Waals surface area (Å²) in [4.78, 5) is 1.10. The second kappa shape index (κ2) is 3.49. The zero-order valence-electron chi connectivity index (χ0n) is 7.61. The molecule has 0 fully saturated rings. The zero-order valence-corrected chi connectivity index (χ0v) is 8.43. The van der Waals surface area contributed by atoms with E-state index in [0.29, 0.717) is 5.75 Å². The van der Waals surface area contributed by atoms with Crippen molar-refractivity contribution in [2.24, 2.45) is 7.05 Å². The Labute approximate surface area is 76.8 Å². The monoisotopic (exact) mass is 186 g/mol. The van der Waals surface area contributed by atoms with Gasteiger partial charge in [-0.15, -0.1) is 11.8 Å². The van der Waals surface area contributed by atoms with E-state index in [-0.39, 0.29) is 0 Å². The molecule has 0 saturated heterocycles. The van der Waals surface area contributed by atoms with Crippen molar-refractivity contribution in [3.05, 3.63) is 12.4 Å². The summed E-state index contributed by atoms with van der Waals surface area (Å²) in [5.41, 5.74) is -0.611. The molecular formula is C8H14N2OS. The molecule has 12 heavy (non-hydrogen) atoms. The van der Waals surface area contributed by atoms with Gasteiger partial charge in [0.1, 0.15) is 0 Å². The third-order valence-electron chi connectivity index (χ3n) is 1.27. The summed E-state index contributed by atoms with van der Waals surface area (Å²) >= 11 is 1.61. The molecule has 0 atom stereocenters. The van der Waals surface area contributed by atoms with E-state index < -0.39 is 5.60 Å². The van der Waals surface area contributed by atoms with Gasteiger partial charge in [-0.1, -0.05) is 0 Å². The van der Waals surface area contributed by atoms with Crippen molar-refractivity contribution in [1.29, 1.82) is 0 Å². The summed E-state index contributed by atoms with van der Waals surface area (Å²) in [5.74, 6) is 0.693. The van der Waals surface area contributed by atoms with Crippen molar-refractivity contribution in [1.82, 2.24) is 9.78 Å². The molecule has 0 spiro atoms. The normalized spacial score (nSPS) is 12.0. The standard InChI is InChI=1S/C8H14N2OS/c1-8(2,11)6-12-7-4-9-10(3)5-7/h4-5,11H,6H2,1-3H3. The largest absolute Gasteiger partial charge is 0.390 e. The van der Waals surface area contributed by atoms with Crippen LogP contribution in [0.2, 0.25) is 0 Å². The fourth-order valence-corrected chi connectivity index (χ4v) is 1.60. The molecule has 0 aromatic carbocycles. The fraction of sp³-hybridized carbons (Fsp3) is 0.625. The second-order valence-corrected chi connectivity index (χ2v) is 4.50. The molecule has 0 bridgehead atoms. The number of aryl methyl sites for hydroxylation is 1. The topological polar surface area (TPSA) is 38.0 Å². The predicted octanol–water partition coefficient (Wildman–Crippen LogP) is 1.28. The number of aromatic nitrogens is 2. The lowest BCUT2D eigenvalue weighted by molar-refractivity contribution is 0.107. The van der Waals surface area contributed by atoms with Gasteiger partial charge in [-0.05, 0) is 13.8 Å². The molecule has 0 aliphatic heterocycles. The third-order valence-corrected chi connectivity index (χ3v) is 2.67. The van der Waals surface area contributed by atoms with E-state index in [0.717, 1.165) is 4.90 Å². The molecule has 1 rings (SSSR count). The van der Waals surface area contributed by atoms with Crippen LogP contribution in [0, 0.1) is 0 Å². The lowest BCUT2D eigenvalue weighted by Crippen LogP contribution is -2.21. The first-order valence-electron chi connectivity index (χ1n) is 3.81. The molecule has 1 heterocycles. The van der Waals surface area contributed by atoms with Crippen LogP contribution in [0.15, 0.2) is 17.3 Å². The van der Waals surface area contributed by atoms with Gasteiger partial charge < -0.3 is 5.11 Å². The molecule has 4 heteroatoms. The smallest absolute Gasteiger partial charge is 0.0685 e. The Bertz CT molecular complexity index is 252. The second-order valence-electron chi connectivity index (χ2n) is 3.45. The number of thioether (sulfide) groups is 1. The molecular weight excluding hydrogens is 172 g/mol. The molecule has 0 aliphatic rings. The molecule has 0 saturated carbocycles. The number of hydrogen-bond acceptors (Lipinski definition) is 3. The third kappa shape index (κ3) is 3.28. The average Bonchev–Trinajstić information content (AvgIpc) is 2.30. The Morgan fingerprint density at radius 1 is 1.67 bits per heavy atom. The van der Waals surface area contributed by atoms with E-state index >= 15 is 0 Å². The Morgan fingerprint density at radius 2 is 2.33 bits per heavy atom. The van der Waals surface area contributed by atoms with Crippen molar-refractivity contribution >= 4 is 11.8 Å². The summed E-state index contributed by atoms with van der Waals surface area (Å²) < 4.78 is 1.76. The molecule has 0 aliphatic carbocycles. The number of hydrogen-bond donors (Lipinski definition) is 1. The van der Waals surface area contributed by atoms with Gasteiger partial charge in [-0.3, -0.25) is 4.68 Å². The van der Waals surface area contributed by atoms with Gasteiger partial charge in [0.2, 0.25) is 0 Å². The Morgan fingerprint density at radius 3 is 2.75 bits per heavy atom. The summed E-state index contributed by atoms with van der Waals surface area (Å²) in [6, 6.07) is 0. The van der Waals surface area contributed by atoms with E-state index in [2.05, 4.69) is 5.10 Å². The number of nitrogens with zero attached hydrogens (tertiary/aromatic N) is 2. The van der Waals surface area contributed by atoms with Crippen LogP contribution in [0.3, 0.4) is 0 Å². The minimum absolute atomic E-state index is 0.611. The summed E-state index contributed by atoms with van der Waals surface area (Å²) in [7, 11) is 1.88. The van der Waals surface area contributed by atoms with Crippen molar-refractivity contribution in [2.45, 2.75) is 24.3 Å². The SMILES string of the molecule is Cn1cc(SCC(C)(C)O)cn1. The highest BCUT2D eigenvalue weighted by Gasteiger charge is 2.12. The fourth-order valence-electron chi connectivity index (χ4n) is 0.733. The van der Waals surface area contributed by atoms with E-state index in [1.165, 1.54) is 0 Å². The van der Waals surface area contributed by atoms with E-state index in [1.54, 1.807) is 36.5 Å². The lowest BCUT2D eigenvalue weighted by Gasteiger charge is -2.14. The maximum atomic E-state index is 9.44. The number of aliphatic hydroxyl groups is 1. The van der Waals surface area contributed by atoms with Crippen LogP contribution in [0.5, 0.6) is 0 Å². The van der Waals surface area contributed by atoms with Crippen molar-refractivity contribution < 1.29 is 5.11 Å². The van der Waals surface area contributed by atoms with Gasteiger partial charge in [0.15, 0.2) is 0 Å². The lowest BCUT2D eigenvalue weighted by atomic mass is 10.2. The molecule has 3 nitrogen and oxygen atoms in total. The van der Waals surface area contributed by atoms with Crippen molar-refractivity contribution in [2.75, 3.05) is 5.75 Å². The molecule has 0 unspecified atom stereocenters. The molecule has 0 radical (unpaired) electrons. The van der Waals surface area contributed by atoms with Gasteiger partial charge in [0.05, 0.1) is 11.8 Å². The van der Waals surface area contributed by atoms with Gasteiger partial charge in [-0.2, -0.15) is 5.10 Å². The van der Waals surface area contributed by atoms with Gasteiger partial charge in [0, 0.05) is 23.9 Å². The van der Waals surface area contributed by atoms with Crippen LogP contribution in [-0.4, -0.2) is 26.2 Å². The van der Waals surface area contributed by atoms with Crippen LogP contribution in [0.25, 0.3) is 0 Å². The van der Waals surface area contributed by atoms with Crippen LogP contribution >= 0.6 is 11.8 Å². The van der Waals surface area contributed by atoms with Gasteiger partial charge >= 0.3 is 0 Å². The Balaban J connectivity index is 2.44. The maximum Gasteiger partial charge on any atom is 0.0685 e. The molecule has 68 valence electrons. The van der Waals surface area contributed by atoms with Crippen molar-refractivity contribution in [3.63, 3.8) is 0 Å². The highest BCUT2D eigenvalue weighted by Crippen LogP contribution is 2.21. The quantitative estimate of drug-likeness (QED) is 0.723. The highest BCUT2D eigenvalue weighted by molar-refractivity contribution is 7.99. The highest BCUT2D eigenvalue weighted by atomic mass is 32.2. The zero-order chi connectivity index (χ0) is 9.19. The summed E-state index contributed by atoms with van der Waals surface area (Å²) in [6.07, 6.45) is 3.74. The van der Waals surface area contributed by atoms with E-state index in [9.17, 15) is 5.11 Å². The Hall–Kier alpha value is -0.480. The van der Waals surface area contributed by atoms with E-state index in [1.807, 2.05) is 13.2 Å². The first-order valence-corrected chi connectivity index (χ1v) is 4.80. The summed E-state index contributed by atoms with van der Waals surface area (Å²) in [6.45, 7) is 3.60. The van der Waals surface area contributed by atoms with Crippen LogP contribution in [0.4, 0.5) is 0 Å². The Kier molecular flexibility index (Phi) is 2.80. The minimum atomic E-state index is -0.611. The van der Waals surface area contributed by atoms with Crippen LogP contribution < -0.4 is 0 Å². The molecule has 1 aromatic rings. The van der Waals surface area contributed by atoms with Crippen LogP contribution in [-0.2, 0) is 7.05 Å². The van der Waals surface area contributed by atoms with Gasteiger partial charge in [-0.25, -0.2) is 0 Å². The molecule has 1 N–H and O–H groups in total. The van der Waals surface area contributed by atoms with E-state index in [4.69, 9.17) is 0 Å². The minimum Gasteiger partial charge on any atom is -0.390 e. The predicted molar refractivity (Wildman–Crippen MR) is 50.2 cm³/mol. The van der Waals surface area contributed by atoms with Gasteiger partial charge in [0.25, 0.3) is 0 Å². The van der Waals surface area contributed by atoms with Crippen LogP contribution in [0.1, 0.15) is 13.8 Å². The first-order chi connectivity index (χ1) is 5.47. The van der Waals surface area contributed by atoms with Crippen molar-refractivity contribution in [3.8, 4) is 0 Å². The maximum absolute atomic E-state index is 9.44. The molecule has 1 aromatic heterocycles. The first kappa shape index (κ1) is 9.61. The number of rotatable bonds is 3.